The van der Waals surface area contributed by atoms with E-state index in [4.69, 9.17) is 4.74 Å². The zero-order valence-electron chi connectivity index (χ0n) is 16.4. The van der Waals surface area contributed by atoms with Crippen LogP contribution in [0.15, 0.2) is 18.3 Å². The van der Waals surface area contributed by atoms with Crippen LogP contribution in [0, 0.1) is 13.8 Å². The molecule has 0 aliphatic carbocycles. The molecule has 0 bridgehead atoms. The van der Waals surface area contributed by atoms with Gasteiger partial charge in [-0.3, -0.25) is 19.2 Å². The van der Waals surface area contributed by atoms with Gasteiger partial charge in [-0.15, -0.1) is 0 Å². The van der Waals surface area contributed by atoms with Gasteiger partial charge < -0.3 is 9.64 Å². The van der Waals surface area contributed by atoms with E-state index < -0.39 is 0 Å². The summed E-state index contributed by atoms with van der Waals surface area (Å²) < 4.78 is 7.34. The molecule has 0 N–H and O–H groups in total. The lowest BCUT2D eigenvalue weighted by Gasteiger charge is -2.29. The minimum absolute atomic E-state index is 0.0703. The molecule has 27 heavy (non-hydrogen) atoms. The molecule has 3 rings (SSSR count). The molecule has 0 fully saturated rings. The van der Waals surface area contributed by atoms with Gasteiger partial charge in [-0.05, 0) is 39.8 Å². The summed E-state index contributed by atoms with van der Waals surface area (Å²) in [7, 11) is 1.73. The van der Waals surface area contributed by atoms with Crippen LogP contribution in [0.25, 0.3) is 0 Å². The van der Waals surface area contributed by atoms with Crippen LogP contribution in [-0.4, -0.2) is 51.7 Å². The summed E-state index contributed by atoms with van der Waals surface area (Å²) in [5.41, 5.74) is 3.00. The Hall–Kier alpha value is -2.90. The summed E-state index contributed by atoms with van der Waals surface area (Å²) in [5, 5.41) is 4.57. The van der Waals surface area contributed by atoms with Crippen LogP contribution in [0.3, 0.4) is 0 Å². The van der Waals surface area contributed by atoms with Crippen molar-refractivity contribution in [1.29, 1.82) is 0 Å². The summed E-state index contributed by atoms with van der Waals surface area (Å²) >= 11 is 0. The molecule has 0 saturated heterocycles. The minimum Gasteiger partial charge on any atom is -0.480 e. The lowest BCUT2D eigenvalue weighted by atomic mass is 10.2. The van der Waals surface area contributed by atoms with E-state index in [2.05, 4.69) is 23.9 Å². The second kappa shape index (κ2) is 7.38. The van der Waals surface area contributed by atoms with Crippen molar-refractivity contribution in [3.63, 3.8) is 0 Å². The first-order valence-electron chi connectivity index (χ1n) is 8.96. The van der Waals surface area contributed by atoms with Gasteiger partial charge in [0.2, 0.25) is 5.91 Å². The molecule has 144 valence electrons. The molecular weight excluding hydrogens is 346 g/mol. The number of amides is 2. The molecule has 2 aromatic rings. The number of carbonyl (C=O) groups is 2. The fourth-order valence-corrected chi connectivity index (χ4v) is 3.21. The number of nitrogens with zero attached hydrogens (tertiary/aromatic N) is 5. The molecule has 3 heterocycles. The van der Waals surface area contributed by atoms with Crippen LogP contribution < -0.4 is 9.64 Å². The maximum Gasteiger partial charge on any atom is 0.266 e. The molecule has 0 aromatic carbocycles. The van der Waals surface area contributed by atoms with Crippen LogP contribution in [-0.2, 0) is 16.1 Å². The maximum atomic E-state index is 12.8. The summed E-state index contributed by atoms with van der Waals surface area (Å²) in [6.07, 6.45) is 1.58. The summed E-state index contributed by atoms with van der Waals surface area (Å²) in [6.45, 7) is 8.40. The number of carbonyl (C=O) groups excluding carboxylic acids is 2. The van der Waals surface area contributed by atoms with Gasteiger partial charge in [-0.2, -0.15) is 5.10 Å². The van der Waals surface area contributed by atoms with Crippen LogP contribution in [0.2, 0.25) is 0 Å². The van der Waals surface area contributed by atoms with Crippen molar-refractivity contribution in [3.05, 3.63) is 35.3 Å². The molecule has 2 amide bonds. The molecular formula is C19H25N5O3. The SMILES string of the molecule is Cc1nn(C(C)C)c(C)c1CN(C)C(=O)CN1C(=O)COc2cccnc21. The predicted octanol–water partition coefficient (Wildman–Crippen LogP) is 1.86. The summed E-state index contributed by atoms with van der Waals surface area (Å²) in [6, 6.07) is 3.73. The van der Waals surface area contributed by atoms with E-state index in [0.29, 0.717) is 18.1 Å². The van der Waals surface area contributed by atoms with Gasteiger partial charge in [0.15, 0.2) is 18.2 Å². The second-order valence-corrected chi connectivity index (χ2v) is 7.03. The Morgan fingerprint density at radius 3 is 2.78 bits per heavy atom. The molecule has 0 atom stereocenters. The Balaban J connectivity index is 1.75. The van der Waals surface area contributed by atoms with Crippen molar-refractivity contribution in [2.75, 3.05) is 25.1 Å². The Morgan fingerprint density at radius 1 is 1.37 bits per heavy atom. The fraction of sp³-hybridized carbons (Fsp3) is 0.474. The number of hydrogen-bond donors (Lipinski definition) is 0. The van der Waals surface area contributed by atoms with E-state index in [1.165, 1.54) is 4.90 Å². The van der Waals surface area contributed by atoms with Crippen molar-refractivity contribution in [2.45, 2.75) is 40.3 Å². The molecule has 8 nitrogen and oxygen atoms in total. The number of hydrogen-bond acceptors (Lipinski definition) is 5. The molecule has 1 aliphatic rings. The van der Waals surface area contributed by atoms with E-state index in [1.54, 1.807) is 30.3 Å². The maximum absolute atomic E-state index is 12.8. The first-order valence-corrected chi connectivity index (χ1v) is 8.96. The Labute approximate surface area is 158 Å². The lowest BCUT2D eigenvalue weighted by molar-refractivity contribution is -0.131. The van der Waals surface area contributed by atoms with Gasteiger partial charge in [-0.1, -0.05) is 0 Å². The highest BCUT2D eigenvalue weighted by Gasteiger charge is 2.29. The van der Waals surface area contributed by atoms with Crippen molar-refractivity contribution in [2.24, 2.45) is 0 Å². The van der Waals surface area contributed by atoms with Crippen molar-refractivity contribution >= 4 is 17.6 Å². The van der Waals surface area contributed by atoms with Gasteiger partial charge in [0, 0.05) is 37.1 Å². The van der Waals surface area contributed by atoms with Gasteiger partial charge in [0.05, 0.1) is 5.69 Å². The third-order valence-corrected chi connectivity index (χ3v) is 4.74. The smallest absolute Gasteiger partial charge is 0.266 e. The average Bonchev–Trinajstić information content (AvgIpc) is 2.92. The lowest BCUT2D eigenvalue weighted by Crippen LogP contribution is -2.45. The molecule has 1 aliphatic heterocycles. The molecule has 2 aromatic heterocycles. The highest BCUT2D eigenvalue weighted by atomic mass is 16.5. The average molecular weight is 371 g/mol. The standard InChI is InChI=1S/C19H25N5O3/c1-12(2)24-14(4)15(13(3)21-24)9-22(5)17(25)10-23-18(26)11-27-16-7-6-8-20-19(16)23/h6-8,12H,9-11H2,1-5H3. The van der Waals surface area contributed by atoms with E-state index in [9.17, 15) is 9.59 Å². The highest BCUT2D eigenvalue weighted by Crippen LogP contribution is 2.29. The minimum atomic E-state index is -0.275. The topological polar surface area (TPSA) is 80.6 Å². The fourth-order valence-electron chi connectivity index (χ4n) is 3.21. The van der Waals surface area contributed by atoms with Gasteiger partial charge in [0.1, 0.15) is 6.54 Å². The number of likely N-dealkylation sites (N-methyl/N-ethyl adjacent to an activating group) is 1. The zero-order valence-corrected chi connectivity index (χ0v) is 16.4. The van der Waals surface area contributed by atoms with Gasteiger partial charge in [0.25, 0.3) is 5.91 Å². The number of aryl methyl sites for hydroxylation is 1. The van der Waals surface area contributed by atoms with Crippen molar-refractivity contribution in [3.8, 4) is 5.75 Å². The van der Waals surface area contributed by atoms with E-state index in [-0.39, 0.29) is 31.0 Å². The molecule has 0 saturated carbocycles. The first kappa shape index (κ1) is 18.9. The van der Waals surface area contributed by atoms with Crippen LogP contribution in [0.5, 0.6) is 5.75 Å². The Bertz CT molecular complexity index is 874. The van der Waals surface area contributed by atoms with Gasteiger partial charge >= 0.3 is 0 Å². The van der Waals surface area contributed by atoms with Crippen LogP contribution in [0.1, 0.15) is 36.8 Å². The van der Waals surface area contributed by atoms with Crippen LogP contribution >= 0.6 is 0 Å². The third kappa shape index (κ3) is 3.65. The van der Waals surface area contributed by atoms with Crippen molar-refractivity contribution < 1.29 is 14.3 Å². The summed E-state index contributed by atoms with van der Waals surface area (Å²) in [4.78, 5) is 32.2. The monoisotopic (exact) mass is 371 g/mol. The van der Waals surface area contributed by atoms with E-state index in [0.717, 1.165) is 17.0 Å². The van der Waals surface area contributed by atoms with Gasteiger partial charge in [-0.25, -0.2) is 4.98 Å². The highest BCUT2D eigenvalue weighted by molar-refractivity contribution is 6.01. The first-order chi connectivity index (χ1) is 12.8. The van der Waals surface area contributed by atoms with E-state index in [1.807, 2.05) is 18.5 Å². The van der Waals surface area contributed by atoms with Crippen molar-refractivity contribution in [1.82, 2.24) is 19.7 Å². The predicted molar refractivity (Wildman–Crippen MR) is 101 cm³/mol. The number of ether oxygens (including phenoxy) is 1. The molecule has 0 unspecified atom stereocenters. The molecule has 0 spiro atoms. The molecule has 8 heteroatoms. The number of anilines is 1. The third-order valence-electron chi connectivity index (χ3n) is 4.74. The molecule has 0 radical (unpaired) electrons. The number of aromatic nitrogens is 3. The Kier molecular flexibility index (Phi) is 5.16. The number of fused-ring (bicyclic) bond motifs is 1. The summed E-state index contributed by atoms with van der Waals surface area (Å²) in [5.74, 6) is 0.453. The van der Waals surface area contributed by atoms with Crippen LogP contribution in [0.4, 0.5) is 5.82 Å². The quantitative estimate of drug-likeness (QED) is 0.801. The normalized spacial score (nSPS) is 13.6. The number of rotatable bonds is 5. The van der Waals surface area contributed by atoms with E-state index >= 15 is 0 Å². The zero-order chi connectivity index (χ0) is 19.7. The number of pyridine rings is 1. The second-order valence-electron chi connectivity index (χ2n) is 7.03. The largest absolute Gasteiger partial charge is 0.480 e. The Morgan fingerprint density at radius 2 is 2.11 bits per heavy atom.